The second-order valence-corrected chi connectivity index (χ2v) is 11.0. The Labute approximate surface area is 235 Å². The van der Waals surface area contributed by atoms with Crippen molar-refractivity contribution in [2.24, 2.45) is 5.92 Å². The second kappa shape index (κ2) is 13.7. The van der Waals surface area contributed by atoms with E-state index in [1.807, 2.05) is 24.3 Å². The quantitative estimate of drug-likeness (QED) is 0.156. The van der Waals surface area contributed by atoms with Gasteiger partial charge in [0, 0.05) is 0 Å². The van der Waals surface area contributed by atoms with Crippen LogP contribution in [0.4, 0.5) is 39.5 Å². The molecule has 0 aliphatic heterocycles. The van der Waals surface area contributed by atoms with Crippen LogP contribution < -0.4 is 4.74 Å². The monoisotopic (exact) mass is 596 g/mol. The maximum Gasteiger partial charge on any atom is 0.471 e. The zero-order valence-corrected chi connectivity index (χ0v) is 23.1. The van der Waals surface area contributed by atoms with Gasteiger partial charge < -0.3 is 4.74 Å². The molecule has 10 heteroatoms. The standard InChI is InChI=1S/C31H37F9O/c1-2-3-4-5-6-7-8-9-22-10-12-23(13-11-22)24-14-16-25(17-15-24)26-18-20-27(21-19-26)41-31(39,40)29(34,35)28(32,33)30(36,37)38/h14-23H,2-13H2,1H3. The topological polar surface area (TPSA) is 9.23 Å². The fourth-order valence-corrected chi connectivity index (χ4v) is 5.41. The molecule has 0 heterocycles. The van der Waals surface area contributed by atoms with Gasteiger partial charge in [-0.1, -0.05) is 94.7 Å². The predicted molar refractivity (Wildman–Crippen MR) is 141 cm³/mol. The van der Waals surface area contributed by atoms with Gasteiger partial charge in [-0.3, -0.25) is 0 Å². The van der Waals surface area contributed by atoms with Crippen LogP contribution in [0.25, 0.3) is 11.1 Å². The van der Waals surface area contributed by atoms with E-state index in [9.17, 15) is 39.5 Å². The van der Waals surface area contributed by atoms with Gasteiger partial charge in [0.15, 0.2) is 0 Å². The molecule has 0 unspecified atom stereocenters. The number of hydrogen-bond donors (Lipinski definition) is 0. The van der Waals surface area contributed by atoms with Crippen molar-refractivity contribution in [1.82, 2.24) is 0 Å². The number of benzene rings is 2. The average Bonchev–Trinajstić information content (AvgIpc) is 2.92. The van der Waals surface area contributed by atoms with Crippen molar-refractivity contribution in [2.45, 2.75) is 114 Å². The number of unbranched alkanes of at least 4 members (excludes halogenated alkanes) is 6. The molecule has 0 spiro atoms. The molecule has 0 amide bonds. The average molecular weight is 597 g/mol. The highest BCUT2D eigenvalue weighted by Gasteiger charge is 2.83. The Morgan fingerprint density at radius 2 is 1.10 bits per heavy atom. The van der Waals surface area contributed by atoms with Crippen LogP contribution in [-0.4, -0.2) is 24.1 Å². The van der Waals surface area contributed by atoms with E-state index < -0.39 is 29.9 Å². The number of rotatable bonds is 14. The summed E-state index contributed by atoms with van der Waals surface area (Å²) in [6.07, 6.45) is 2.04. The van der Waals surface area contributed by atoms with Crippen LogP contribution in [0.1, 0.15) is 95.5 Å². The summed E-state index contributed by atoms with van der Waals surface area (Å²) in [5.74, 6) is -13.6. The molecule has 41 heavy (non-hydrogen) atoms. The van der Waals surface area contributed by atoms with Crippen molar-refractivity contribution in [2.75, 3.05) is 0 Å². The van der Waals surface area contributed by atoms with E-state index in [4.69, 9.17) is 0 Å². The minimum Gasteiger partial charge on any atom is -0.428 e. The van der Waals surface area contributed by atoms with Gasteiger partial charge in [-0.25, -0.2) is 0 Å². The fourth-order valence-electron chi connectivity index (χ4n) is 5.41. The molecule has 1 nitrogen and oxygen atoms in total. The Morgan fingerprint density at radius 1 is 0.610 bits per heavy atom. The molecule has 1 aliphatic carbocycles. The van der Waals surface area contributed by atoms with Crippen LogP contribution >= 0.6 is 0 Å². The van der Waals surface area contributed by atoms with Crippen LogP contribution in [0.2, 0.25) is 0 Å². The van der Waals surface area contributed by atoms with E-state index in [-0.39, 0.29) is 0 Å². The van der Waals surface area contributed by atoms with Crippen molar-refractivity contribution >= 4 is 0 Å². The Kier molecular flexibility index (Phi) is 11.1. The molecule has 3 rings (SSSR count). The lowest BCUT2D eigenvalue weighted by atomic mass is 9.77. The van der Waals surface area contributed by atoms with Crippen molar-refractivity contribution in [3.63, 3.8) is 0 Å². The Balaban J connectivity index is 1.51. The Morgan fingerprint density at radius 3 is 1.61 bits per heavy atom. The van der Waals surface area contributed by atoms with Crippen molar-refractivity contribution in [1.29, 1.82) is 0 Å². The van der Waals surface area contributed by atoms with Crippen LogP contribution in [-0.2, 0) is 0 Å². The molecule has 0 N–H and O–H groups in total. The Hall–Kier alpha value is -2.39. The third-order valence-electron chi connectivity index (χ3n) is 7.99. The number of halogens is 9. The zero-order valence-electron chi connectivity index (χ0n) is 23.1. The minimum absolute atomic E-state index is 0.448. The molecule has 0 aromatic heterocycles. The maximum absolute atomic E-state index is 13.8. The predicted octanol–water partition coefficient (Wildman–Crippen LogP) is 11.6. The van der Waals surface area contributed by atoms with Crippen molar-refractivity contribution < 1.29 is 44.3 Å². The van der Waals surface area contributed by atoms with Gasteiger partial charge in [0.25, 0.3) is 0 Å². The highest BCUT2D eigenvalue weighted by atomic mass is 19.4. The summed E-state index contributed by atoms with van der Waals surface area (Å²) < 4.78 is 121. The van der Waals surface area contributed by atoms with Crippen LogP contribution in [0.3, 0.4) is 0 Å². The first-order chi connectivity index (χ1) is 19.2. The van der Waals surface area contributed by atoms with E-state index in [1.54, 1.807) is 0 Å². The molecule has 0 radical (unpaired) electrons. The summed E-state index contributed by atoms with van der Waals surface area (Å²) >= 11 is 0. The molecular formula is C31H37F9O. The first kappa shape index (κ1) is 33.1. The molecule has 1 aliphatic rings. The summed E-state index contributed by atoms with van der Waals surface area (Å²) in [5, 5.41) is 0. The minimum atomic E-state index is -7.00. The van der Waals surface area contributed by atoms with Gasteiger partial charge in [-0.15, -0.1) is 0 Å². The summed E-state index contributed by atoms with van der Waals surface area (Å²) in [6, 6.07) is 11.7. The van der Waals surface area contributed by atoms with Crippen molar-refractivity contribution in [3.05, 3.63) is 54.1 Å². The van der Waals surface area contributed by atoms with E-state index in [2.05, 4.69) is 11.7 Å². The highest BCUT2D eigenvalue weighted by Crippen LogP contribution is 2.53. The van der Waals surface area contributed by atoms with Crippen LogP contribution in [0.5, 0.6) is 5.75 Å². The molecule has 0 saturated heterocycles. The van der Waals surface area contributed by atoms with Crippen LogP contribution in [0, 0.1) is 5.92 Å². The van der Waals surface area contributed by atoms with Gasteiger partial charge >= 0.3 is 24.1 Å². The first-order valence-electron chi connectivity index (χ1n) is 14.3. The lowest BCUT2D eigenvalue weighted by Crippen LogP contribution is -2.62. The summed E-state index contributed by atoms with van der Waals surface area (Å²) in [5.41, 5.74) is 2.38. The fraction of sp³-hybridized carbons (Fsp3) is 0.613. The molecule has 2 aromatic rings. The van der Waals surface area contributed by atoms with E-state index in [0.717, 1.165) is 30.9 Å². The smallest absolute Gasteiger partial charge is 0.428 e. The molecule has 0 atom stereocenters. The zero-order chi connectivity index (χ0) is 30.3. The van der Waals surface area contributed by atoms with E-state index >= 15 is 0 Å². The van der Waals surface area contributed by atoms with Gasteiger partial charge in [-0.2, -0.15) is 39.5 Å². The number of ether oxygens (including phenoxy) is 1. The van der Waals surface area contributed by atoms with Gasteiger partial charge in [0.2, 0.25) is 0 Å². The largest absolute Gasteiger partial charge is 0.471 e. The molecule has 1 saturated carbocycles. The molecule has 2 aromatic carbocycles. The van der Waals surface area contributed by atoms with E-state index in [0.29, 0.717) is 17.0 Å². The van der Waals surface area contributed by atoms with Gasteiger partial charge in [0.05, 0.1) is 0 Å². The van der Waals surface area contributed by atoms with E-state index in [1.165, 1.54) is 81.9 Å². The summed E-state index contributed by atoms with van der Waals surface area (Å²) in [7, 11) is 0. The molecular weight excluding hydrogens is 559 g/mol. The third kappa shape index (κ3) is 8.13. The lowest BCUT2D eigenvalue weighted by molar-refractivity contribution is -0.428. The highest BCUT2D eigenvalue weighted by molar-refractivity contribution is 5.64. The maximum atomic E-state index is 13.8. The Bertz CT molecular complexity index is 1050. The summed E-state index contributed by atoms with van der Waals surface area (Å²) in [4.78, 5) is 0. The van der Waals surface area contributed by atoms with Crippen LogP contribution in [0.15, 0.2) is 48.5 Å². The van der Waals surface area contributed by atoms with Crippen molar-refractivity contribution in [3.8, 4) is 16.9 Å². The van der Waals surface area contributed by atoms with Gasteiger partial charge in [0.1, 0.15) is 5.75 Å². The molecule has 1 fully saturated rings. The molecule has 0 bridgehead atoms. The number of hydrogen-bond acceptors (Lipinski definition) is 1. The first-order valence-corrected chi connectivity index (χ1v) is 14.3. The lowest BCUT2D eigenvalue weighted by Gasteiger charge is -2.33. The van der Waals surface area contributed by atoms with Gasteiger partial charge in [-0.05, 0) is 66.3 Å². The summed E-state index contributed by atoms with van der Waals surface area (Å²) in [6.45, 7) is 2.22. The third-order valence-corrected chi connectivity index (χ3v) is 7.99. The number of alkyl halides is 9. The molecule has 230 valence electrons. The normalized spacial score (nSPS) is 18.9. The SMILES string of the molecule is CCCCCCCCCC1CCC(c2ccc(-c3ccc(OC(F)(F)C(F)(F)C(F)(F)C(F)(F)F)cc3)cc2)CC1. The second-order valence-electron chi connectivity index (χ2n) is 11.0.